The molecule has 2 heterocycles. The monoisotopic (exact) mass is 567 g/mol. The summed E-state index contributed by atoms with van der Waals surface area (Å²) in [5.41, 5.74) is 3.68. The number of carbonyl (C=O) groups excluding carboxylic acids is 1. The van der Waals surface area contributed by atoms with Crippen LogP contribution in [0.2, 0.25) is 0 Å². The minimum atomic E-state index is -3.98. The van der Waals surface area contributed by atoms with Gasteiger partial charge < -0.3 is 14.6 Å². The molecule has 0 radical (unpaired) electrons. The molecule has 0 spiro atoms. The number of unbranched alkanes of at least 4 members (excludes halogenated alkanes) is 1. The van der Waals surface area contributed by atoms with Gasteiger partial charge in [-0.25, -0.2) is 8.42 Å². The predicted octanol–water partition coefficient (Wildman–Crippen LogP) is 5.12. The Bertz CT molecular complexity index is 1500. The van der Waals surface area contributed by atoms with Gasteiger partial charge in [0, 0.05) is 24.2 Å². The van der Waals surface area contributed by atoms with Gasteiger partial charge in [0.25, 0.3) is 10.0 Å². The second-order valence-electron chi connectivity index (χ2n) is 9.86. The van der Waals surface area contributed by atoms with Crippen molar-refractivity contribution < 1.29 is 22.5 Å². The Labute approximate surface area is 235 Å². The molecule has 1 atom stereocenters. The Balaban J connectivity index is 1.69. The van der Waals surface area contributed by atoms with Crippen molar-refractivity contribution in [3.63, 3.8) is 0 Å². The van der Waals surface area contributed by atoms with Gasteiger partial charge in [0.2, 0.25) is 5.91 Å². The number of aromatic nitrogens is 1. The number of benzene rings is 2. The SMILES string of the molecule is CCCCC1=NN(Cc2ccc(-c3ccccc3S(=O)(=O)Nc3noc(C)c3C)c(COCC)c2)C(C)C(=O)N1. The van der Waals surface area contributed by atoms with Crippen LogP contribution in [-0.2, 0) is 32.7 Å². The number of sulfonamides is 1. The summed E-state index contributed by atoms with van der Waals surface area (Å²) in [5.74, 6) is 1.32. The number of rotatable bonds is 12. The zero-order chi connectivity index (χ0) is 28.9. The van der Waals surface area contributed by atoms with E-state index in [-0.39, 0.29) is 16.6 Å². The van der Waals surface area contributed by atoms with Gasteiger partial charge in [-0.2, -0.15) is 5.10 Å². The zero-order valence-electron chi connectivity index (χ0n) is 23.7. The molecule has 1 unspecified atom stereocenters. The molecule has 4 rings (SSSR count). The van der Waals surface area contributed by atoms with E-state index in [1.165, 1.54) is 0 Å². The van der Waals surface area contributed by atoms with Crippen LogP contribution in [-0.4, -0.2) is 43.0 Å². The lowest BCUT2D eigenvalue weighted by Crippen LogP contribution is -2.50. The molecule has 10 nitrogen and oxygen atoms in total. The van der Waals surface area contributed by atoms with Gasteiger partial charge in [-0.3, -0.25) is 14.5 Å². The summed E-state index contributed by atoms with van der Waals surface area (Å²) in [6, 6.07) is 12.3. The molecule has 0 saturated carbocycles. The van der Waals surface area contributed by atoms with Crippen LogP contribution in [0, 0.1) is 13.8 Å². The van der Waals surface area contributed by atoms with Gasteiger partial charge in [-0.15, -0.1) is 0 Å². The van der Waals surface area contributed by atoms with Crippen molar-refractivity contribution >= 4 is 27.6 Å². The molecule has 1 amide bonds. The number of amides is 1. The summed E-state index contributed by atoms with van der Waals surface area (Å²) < 4.78 is 40.5. The molecule has 1 aliphatic heterocycles. The molecule has 0 bridgehead atoms. The average Bonchev–Trinajstić information content (AvgIpc) is 3.25. The molecule has 0 saturated heterocycles. The molecule has 2 N–H and O–H groups in total. The minimum absolute atomic E-state index is 0.0727. The summed E-state index contributed by atoms with van der Waals surface area (Å²) in [6.07, 6.45) is 2.67. The zero-order valence-corrected chi connectivity index (χ0v) is 24.5. The van der Waals surface area contributed by atoms with Gasteiger partial charge in [0.15, 0.2) is 5.82 Å². The molecule has 1 aromatic heterocycles. The Hall–Kier alpha value is -3.70. The summed E-state index contributed by atoms with van der Waals surface area (Å²) in [7, 11) is -3.98. The maximum Gasteiger partial charge on any atom is 0.263 e. The molecule has 2 aromatic carbocycles. The van der Waals surface area contributed by atoms with E-state index in [1.54, 1.807) is 43.1 Å². The van der Waals surface area contributed by atoms with E-state index in [0.717, 1.165) is 29.5 Å². The van der Waals surface area contributed by atoms with E-state index in [2.05, 4.69) is 22.1 Å². The van der Waals surface area contributed by atoms with Gasteiger partial charge in [0.05, 0.1) is 18.0 Å². The summed E-state index contributed by atoms with van der Waals surface area (Å²) >= 11 is 0. The number of nitrogens with zero attached hydrogens (tertiary/aromatic N) is 3. The quantitative estimate of drug-likeness (QED) is 0.311. The van der Waals surface area contributed by atoms with Crippen LogP contribution in [0.1, 0.15) is 62.5 Å². The van der Waals surface area contributed by atoms with Crippen molar-refractivity contribution in [1.29, 1.82) is 0 Å². The first-order chi connectivity index (χ1) is 19.1. The number of anilines is 1. The molecular weight excluding hydrogens is 530 g/mol. The highest BCUT2D eigenvalue weighted by Gasteiger charge is 2.27. The lowest BCUT2D eigenvalue weighted by atomic mass is 9.97. The van der Waals surface area contributed by atoms with Crippen LogP contribution < -0.4 is 10.0 Å². The Morgan fingerprint density at radius 3 is 2.60 bits per heavy atom. The van der Waals surface area contributed by atoms with E-state index < -0.39 is 16.1 Å². The fraction of sp³-hybridized carbons (Fsp3) is 0.414. The van der Waals surface area contributed by atoms with E-state index >= 15 is 0 Å². The molecule has 1 aliphatic rings. The number of aryl methyl sites for hydroxylation is 1. The maximum atomic E-state index is 13.5. The molecule has 0 fully saturated rings. The summed E-state index contributed by atoms with van der Waals surface area (Å²) in [5, 5.41) is 13.3. The Morgan fingerprint density at radius 1 is 1.12 bits per heavy atom. The normalized spacial score (nSPS) is 15.6. The first-order valence-corrected chi connectivity index (χ1v) is 15.0. The second-order valence-corrected chi connectivity index (χ2v) is 11.5. The second kappa shape index (κ2) is 12.6. The minimum Gasteiger partial charge on any atom is -0.377 e. The van der Waals surface area contributed by atoms with Crippen molar-refractivity contribution in [2.45, 2.75) is 78.0 Å². The fourth-order valence-corrected chi connectivity index (χ4v) is 5.70. The number of hydrazone groups is 1. The third-order valence-corrected chi connectivity index (χ3v) is 8.34. The van der Waals surface area contributed by atoms with Crippen molar-refractivity contribution in [1.82, 2.24) is 15.5 Å². The van der Waals surface area contributed by atoms with E-state index in [4.69, 9.17) is 14.4 Å². The number of hydrogen-bond acceptors (Lipinski definition) is 8. The summed E-state index contributed by atoms with van der Waals surface area (Å²) in [6.45, 7) is 10.5. The first-order valence-electron chi connectivity index (χ1n) is 13.5. The van der Waals surface area contributed by atoms with Gasteiger partial charge in [0.1, 0.15) is 17.6 Å². The van der Waals surface area contributed by atoms with Crippen LogP contribution in [0.4, 0.5) is 5.82 Å². The molecule has 11 heteroatoms. The van der Waals surface area contributed by atoms with Crippen LogP contribution in [0.3, 0.4) is 0 Å². The van der Waals surface area contributed by atoms with Crippen LogP contribution in [0.15, 0.2) is 57.0 Å². The number of ether oxygens (including phenoxy) is 1. The van der Waals surface area contributed by atoms with Crippen LogP contribution in [0.25, 0.3) is 11.1 Å². The average molecular weight is 568 g/mol. The van der Waals surface area contributed by atoms with Crippen molar-refractivity contribution in [2.75, 3.05) is 11.3 Å². The highest BCUT2D eigenvalue weighted by atomic mass is 32.2. The Kier molecular flexibility index (Phi) is 9.26. The lowest BCUT2D eigenvalue weighted by Gasteiger charge is -2.31. The third-order valence-electron chi connectivity index (χ3n) is 6.94. The lowest BCUT2D eigenvalue weighted by molar-refractivity contribution is -0.125. The number of carbonyl (C=O) groups is 1. The number of hydrogen-bond donors (Lipinski definition) is 2. The molecule has 40 heavy (non-hydrogen) atoms. The fourth-order valence-electron chi connectivity index (χ4n) is 4.42. The van der Waals surface area contributed by atoms with E-state index in [9.17, 15) is 13.2 Å². The number of amidine groups is 1. The standard InChI is InChI=1S/C29H37N5O5S/c1-6-8-13-27-30-29(35)20(4)34(31-27)17-22-14-15-24(23(16-22)18-38-7-2)25-11-9-10-12-26(25)40(36,37)33-28-19(3)21(5)39-32-28/h9-12,14-16,20H,6-8,13,17-18H2,1-5H3,(H,32,33)(H,30,31,35). The topological polar surface area (TPSA) is 126 Å². The van der Waals surface area contributed by atoms with Gasteiger partial charge in [-0.1, -0.05) is 54.9 Å². The third kappa shape index (κ3) is 6.53. The molecular formula is C29H37N5O5S. The highest BCUT2D eigenvalue weighted by Crippen LogP contribution is 2.33. The largest absolute Gasteiger partial charge is 0.377 e. The van der Waals surface area contributed by atoms with E-state index in [0.29, 0.717) is 48.9 Å². The smallest absolute Gasteiger partial charge is 0.263 e. The molecule has 0 aliphatic carbocycles. The van der Waals surface area contributed by atoms with Gasteiger partial charge >= 0.3 is 0 Å². The Morgan fingerprint density at radius 2 is 1.90 bits per heavy atom. The summed E-state index contributed by atoms with van der Waals surface area (Å²) in [4.78, 5) is 12.7. The highest BCUT2D eigenvalue weighted by molar-refractivity contribution is 7.92. The number of nitrogens with one attached hydrogen (secondary N) is 2. The van der Waals surface area contributed by atoms with Crippen molar-refractivity contribution in [3.05, 3.63) is 64.9 Å². The predicted molar refractivity (Wildman–Crippen MR) is 154 cm³/mol. The van der Waals surface area contributed by atoms with E-state index in [1.807, 2.05) is 32.0 Å². The van der Waals surface area contributed by atoms with Crippen LogP contribution >= 0.6 is 0 Å². The molecule has 3 aromatic rings. The first kappa shape index (κ1) is 29.3. The van der Waals surface area contributed by atoms with Crippen molar-refractivity contribution in [3.8, 4) is 11.1 Å². The van der Waals surface area contributed by atoms with Crippen LogP contribution in [0.5, 0.6) is 0 Å². The van der Waals surface area contributed by atoms with Gasteiger partial charge in [-0.05, 0) is 56.9 Å². The maximum absolute atomic E-state index is 13.5. The van der Waals surface area contributed by atoms with Crippen molar-refractivity contribution in [2.24, 2.45) is 5.10 Å². The molecule has 214 valence electrons.